The Morgan fingerprint density at radius 1 is 1.15 bits per heavy atom. The molecule has 5 rings (SSSR count). The Bertz CT molecular complexity index is 1360. The monoisotopic (exact) mass is 576 g/mol. The van der Waals surface area contributed by atoms with Crippen molar-refractivity contribution in [3.05, 3.63) is 102 Å². The van der Waals surface area contributed by atoms with Crippen molar-refractivity contribution in [2.75, 3.05) is 26.7 Å². The number of hydrogen-bond acceptors (Lipinski definition) is 6. The first-order valence-corrected chi connectivity index (χ1v) is 14.2. The minimum Gasteiger partial charge on any atom is -0.496 e. The van der Waals surface area contributed by atoms with Gasteiger partial charge in [0, 0.05) is 29.2 Å². The molecule has 8 nitrogen and oxygen atoms in total. The SMILES string of the molecule is C1CCNC1.C=C/C=C\n1ncnc1C.CC.COc1cc(C(=O)NCCc2ccc(Cl)cc2)nc2ccccc12. The Morgan fingerprint density at radius 2 is 1.85 bits per heavy atom. The molecule has 1 aliphatic heterocycles. The summed E-state index contributed by atoms with van der Waals surface area (Å²) in [4.78, 5) is 20.7. The van der Waals surface area contributed by atoms with Crippen molar-refractivity contribution in [1.82, 2.24) is 30.4 Å². The standard InChI is InChI=1S/C19H17ClN2O2.C7H9N3.C4H9N.C2H6/c1-24-18-12-17(22-16-5-3-2-4-15(16)18)19(23)21-11-10-13-6-8-14(20)9-7-13;1-3-4-5-10-7(2)8-6-9-10;1-2-4-5-3-1;1-2/h2-9,12H,10-11H2,1H3,(H,21,23);3-6H,1H2,2H3;5H,1-4H2;1-2H3/b;5-4-;;. The van der Waals surface area contributed by atoms with E-state index in [1.54, 1.807) is 30.1 Å². The van der Waals surface area contributed by atoms with Crippen LogP contribution in [0.4, 0.5) is 0 Å². The fourth-order valence-corrected chi connectivity index (χ4v) is 3.84. The number of allylic oxidation sites excluding steroid dienone is 2. The molecule has 4 aromatic rings. The smallest absolute Gasteiger partial charge is 0.270 e. The van der Waals surface area contributed by atoms with E-state index in [1.807, 2.05) is 75.4 Å². The van der Waals surface area contributed by atoms with Crippen LogP contribution in [0.25, 0.3) is 17.1 Å². The van der Waals surface area contributed by atoms with Crippen molar-refractivity contribution in [2.45, 2.75) is 40.0 Å². The van der Waals surface area contributed by atoms with E-state index >= 15 is 0 Å². The van der Waals surface area contributed by atoms with Gasteiger partial charge in [-0.15, -0.1) is 0 Å². The Balaban J connectivity index is 0.000000282. The van der Waals surface area contributed by atoms with Crippen LogP contribution in [0.2, 0.25) is 5.02 Å². The normalized spacial score (nSPS) is 11.8. The second-order valence-corrected chi connectivity index (χ2v) is 9.08. The van der Waals surface area contributed by atoms with Gasteiger partial charge in [-0.05, 0) is 75.2 Å². The molecule has 0 unspecified atom stereocenters. The largest absolute Gasteiger partial charge is 0.496 e. The average Bonchev–Trinajstić information content (AvgIpc) is 3.73. The first-order valence-electron chi connectivity index (χ1n) is 13.8. The Morgan fingerprint density at radius 3 is 2.44 bits per heavy atom. The summed E-state index contributed by atoms with van der Waals surface area (Å²) in [5.41, 5.74) is 2.20. The molecule has 2 aromatic carbocycles. The Kier molecular flexibility index (Phi) is 15.5. The predicted octanol–water partition coefficient (Wildman–Crippen LogP) is 6.51. The molecule has 0 radical (unpaired) electrons. The third kappa shape index (κ3) is 11.6. The number of pyridine rings is 1. The van der Waals surface area contributed by atoms with Crippen LogP contribution in [0.15, 0.2) is 79.7 Å². The summed E-state index contributed by atoms with van der Waals surface area (Å²) >= 11 is 5.86. The quantitative estimate of drug-likeness (QED) is 0.244. The molecule has 1 aliphatic rings. The van der Waals surface area contributed by atoms with E-state index in [0.717, 1.165) is 28.7 Å². The number of methoxy groups -OCH3 is 1. The zero-order chi connectivity index (χ0) is 29.9. The van der Waals surface area contributed by atoms with E-state index in [-0.39, 0.29) is 5.91 Å². The molecule has 3 heterocycles. The number of rotatable bonds is 7. The van der Waals surface area contributed by atoms with Crippen molar-refractivity contribution in [3.8, 4) is 5.75 Å². The molecule has 1 saturated heterocycles. The van der Waals surface area contributed by atoms with Crippen molar-refractivity contribution in [1.29, 1.82) is 0 Å². The number of nitrogens with zero attached hydrogens (tertiary/aromatic N) is 4. The van der Waals surface area contributed by atoms with Crippen molar-refractivity contribution in [3.63, 3.8) is 0 Å². The highest BCUT2D eigenvalue weighted by atomic mass is 35.5. The van der Waals surface area contributed by atoms with E-state index in [0.29, 0.717) is 23.0 Å². The maximum atomic E-state index is 12.4. The molecule has 0 saturated carbocycles. The van der Waals surface area contributed by atoms with E-state index in [1.165, 1.54) is 32.3 Å². The number of fused-ring (bicyclic) bond motifs is 1. The Labute approximate surface area is 248 Å². The lowest BCUT2D eigenvalue weighted by Gasteiger charge is -2.09. The summed E-state index contributed by atoms with van der Waals surface area (Å²) < 4.78 is 7.05. The number of halogens is 1. The van der Waals surface area contributed by atoms with Gasteiger partial charge in [0.05, 0.1) is 12.6 Å². The van der Waals surface area contributed by atoms with Gasteiger partial charge in [-0.3, -0.25) is 4.79 Å². The van der Waals surface area contributed by atoms with Gasteiger partial charge in [-0.2, -0.15) is 5.10 Å². The number of amides is 1. The van der Waals surface area contributed by atoms with Gasteiger partial charge in [-0.1, -0.05) is 62.4 Å². The van der Waals surface area contributed by atoms with Gasteiger partial charge in [0.2, 0.25) is 0 Å². The van der Waals surface area contributed by atoms with Crippen LogP contribution in [-0.4, -0.2) is 52.4 Å². The van der Waals surface area contributed by atoms with Crippen LogP contribution in [0, 0.1) is 6.92 Å². The van der Waals surface area contributed by atoms with Crippen molar-refractivity contribution < 1.29 is 9.53 Å². The number of carbonyl (C=O) groups is 1. The third-order valence-electron chi connectivity index (χ3n) is 5.82. The summed E-state index contributed by atoms with van der Waals surface area (Å²) in [5.74, 6) is 1.30. The fraction of sp³-hybridized carbons (Fsp3) is 0.312. The molecule has 0 bridgehead atoms. The number of aromatic nitrogens is 4. The highest BCUT2D eigenvalue weighted by Crippen LogP contribution is 2.24. The lowest BCUT2D eigenvalue weighted by molar-refractivity contribution is 0.0949. The van der Waals surface area contributed by atoms with Gasteiger partial charge >= 0.3 is 0 Å². The van der Waals surface area contributed by atoms with Crippen molar-refractivity contribution in [2.24, 2.45) is 0 Å². The van der Waals surface area contributed by atoms with Crippen LogP contribution in [0.1, 0.15) is 48.6 Å². The molecule has 2 aromatic heterocycles. The number of benzene rings is 2. The molecule has 41 heavy (non-hydrogen) atoms. The second-order valence-electron chi connectivity index (χ2n) is 8.65. The lowest BCUT2D eigenvalue weighted by atomic mass is 10.1. The maximum absolute atomic E-state index is 12.4. The van der Waals surface area contributed by atoms with Crippen LogP contribution in [0.5, 0.6) is 5.75 Å². The summed E-state index contributed by atoms with van der Waals surface area (Å²) in [7, 11) is 1.59. The first-order chi connectivity index (χ1) is 20.0. The van der Waals surface area contributed by atoms with Gasteiger partial charge in [0.25, 0.3) is 5.91 Å². The zero-order valence-corrected chi connectivity index (χ0v) is 25.2. The molecule has 9 heteroatoms. The third-order valence-corrected chi connectivity index (χ3v) is 6.07. The Hall–Kier alpha value is -4.01. The first kappa shape index (κ1) is 33.2. The van der Waals surface area contributed by atoms with Crippen LogP contribution in [0.3, 0.4) is 0 Å². The fourth-order valence-electron chi connectivity index (χ4n) is 3.71. The number of aryl methyl sites for hydroxylation is 1. The summed E-state index contributed by atoms with van der Waals surface area (Å²) in [5, 5.41) is 11.6. The van der Waals surface area contributed by atoms with E-state index in [4.69, 9.17) is 16.3 Å². The van der Waals surface area contributed by atoms with Crippen molar-refractivity contribution >= 4 is 34.6 Å². The number of hydrogen-bond donors (Lipinski definition) is 2. The predicted molar refractivity (Wildman–Crippen MR) is 170 cm³/mol. The molecule has 1 fully saturated rings. The minimum atomic E-state index is -0.215. The molecule has 0 spiro atoms. The molecule has 218 valence electrons. The van der Waals surface area contributed by atoms with E-state index in [2.05, 4.69) is 32.3 Å². The van der Waals surface area contributed by atoms with Gasteiger partial charge in [0.1, 0.15) is 23.6 Å². The number of nitrogens with one attached hydrogen (secondary N) is 2. The van der Waals surface area contributed by atoms with E-state index < -0.39 is 0 Å². The average molecular weight is 577 g/mol. The van der Waals surface area contributed by atoms with Gasteiger partial charge < -0.3 is 15.4 Å². The molecular weight excluding hydrogens is 536 g/mol. The molecule has 0 atom stereocenters. The summed E-state index contributed by atoms with van der Waals surface area (Å²) in [6.07, 6.45) is 10.3. The summed E-state index contributed by atoms with van der Waals surface area (Å²) in [6.45, 7) is 12.5. The number of carbonyl (C=O) groups excluding carboxylic acids is 1. The highest BCUT2D eigenvalue weighted by Gasteiger charge is 2.12. The van der Waals surface area contributed by atoms with Crippen LogP contribution < -0.4 is 15.4 Å². The zero-order valence-electron chi connectivity index (χ0n) is 24.4. The molecular formula is C32H41ClN6O2. The van der Waals surface area contributed by atoms with Gasteiger partial charge in [-0.25, -0.2) is 14.6 Å². The highest BCUT2D eigenvalue weighted by molar-refractivity contribution is 6.30. The number of para-hydroxylation sites is 1. The molecule has 2 N–H and O–H groups in total. The van der Waals surface area contributed by atoms with E-state index in [9.17, 15) is 4.79 Å². The number of ether oxygens (including phenoxy) is 1. The minimum absolute atomic E-state index is 0.215. The van der Waals surface area contributed by atoms with Crippen LogP contribution >= 0.6 is 11.6 Å². The second kappa shape index (κ2) is 19.1. The van der Waals surface area contributed by atoms with Gasteiger partial charge in [0.15, 0.2) is 0 Å². The molecule has 0 aliphatic carbocycles. The van der Waals surface area contributed by atoms with Crippen LogP contribution in [-0.2, 0) is 6.42 Å². The topological polar surface area (TPSA) is 94.0 Å². The molecule has 1 amide bonds. The summed E-state index contributed by atoms with van der Waals surface area (Å²) in [6, 6.07) is 16.8. The maximum Gasteiger partial charge on any atom is 0.270 e. The lowest BCUT2D eigenvalue weighted by Crippen LogP contribution is -2.26.